The van der Waals surface area contributed by atoms with Crippen molar-refractivity contribution in [2.45, 2.75) is 45.6 Å². The first-order valence-electron chi connectivity index (χ1n) is 7.70. The van der Waals surface area contributed by atoms with Crippen molar-refractivity contribution in [3.05, 3.63) is 60.2 Å². The van der Waals surface area contributed by atoms with Crippen LogP contribution < -0.4 is 5.32 Å². The van der Waals surface area contributed by atoms with Gasteiger partial charge in [0.2, 0.25) is 0 Å². The maximum absolute atomic E-state index is 3.58. The Morgan fingerprint density at radius 1 is 1.30 bits per heavy atom. The van der Waals surface area contributed by atoms with E-state index >= 15 is 0 Å². The lowest BCUT2D eigenvalue weighted by Crippen LogP contribution is -2.18. The highest BCUT2D eigenvalue weighted by atomic mass is 14.9. The third-order valence-corrected chi connectivity index (χ3v) is 3.67. The SMILES string of the molecule is C/C=C(\C=C/CC)c1ccc(N[C@@H]2C=CCCC2)cc1. The van der Waals surface area contributed by atoms with Gasteiger partial charge < -0.3 is 5.32 Å². The van der Waals surface area contributed by atoms with E-state index in [1.54, 1.807) is 0 Å². The Kier molecular flexibility index (Phi) is 5.67. The first-order valence-corrected chi connectivity index (χ1v) is 7.70. The highest BCUT2D eigenvalue weighted by Crippen LogP contribution is 2.21. The number of allylic oxidation sites excluding steroid dienone is 5. The molecule has 1 aromatic rings. The highest BCUT2D eigenvalue weighted by molar-refractivity contribution is 5.74. The van der Waals surface area contributed by atoms with Crippen LogP contribution in [0.5, 0.6) is 0 Å². The van der Waals surface area contributed by atoms with Gasteiger partial charge in [-0.3, -0.25) is 0 Å². The van der Waals surface area contributed by atoms with Crippen LogP contribution in [0.1, 0.15) is 45.1 Å². The predicted octanol–water partition coefficient (Wildman–Crippen LogP) is 5.58. The minimum atomic E-state index is 0.496. The van der Waals surface area contributed by atoms with E-state index in [9.17, 15) is 0 Å². The summed E-state index contributed by atoms with van der Waals surface area (Å²) in [5.74, 6) is 0. The number of rotatable bonds is 5. The molecule has 1 aromatic carbocycles. The summed E-state index contributed by atoms with van der Waals surface area (Å²) >= 11 is 0. The van der Waals surface area contributed by atoms with E-state index in [2.05, 4.69) is 73.8 Å². The largest absolute Gasteiger partial charge is 0.379 e. The second-order valence-corrected chi connectivity index (χ2v) is 5.24. The molecule has 1 atom stereocenters. The van der Waals surface area contributed by atoms with E-state index < -0.39 is 0 Å². The third-order valence-electron chi connectivity index (χ3n) is 3.67. The van der Waals surface area contributed by atoms with Gasteiger partial charge in [-0.1, -0.05) is 49.4 Å². The van der Waals surface area contributed by atoms with Crippen molar-refractivity contribution in [1.29, 1.82) is 0 Å². The lowest BCUT2D eigenvalue weighted by atomic mass is 10.0. The van der Waals surface area contributed by atoms with Gasteiger partial charge in [0.1, 0.15) is 0 Å². The van der Waals surface area contributed by atoms with Crippen molar-refractivity contribution in [2.75, 3.05) is 5.32 Å². The molecule has 1 nitrogen and oxygen atoms in total. The fourth-order valence-corrected chi connectivity index (χ4v) is 2.51. The summed E-state index contributed by atoms with van der Waals surface area (Å²) in [4.78, 5) is 0. The molecule has 0 saturated carbocycles. The van der Waals surface area contributed by atoms with Gasteiger partial charge in [-0.05, 0) is 55.9 Å². The number of nitrogens with one attached hydrogen (secondary N) is 1. The molecule has 0 bridgehead atoms. The molecule has 1 heteroatoms. The monoisotopic (exact) mass is 267 g/mol. The van der Waals surface area contributed by atoms with E-state index in [1.165, 1.54) is 36.1 Å². The molecule has 0 spiro atoms. The standard InChI is InChI=1S/C19H25N/c1-3-5-9-16(4-2)17-12-14-19(15-13-17)20-18-10-7-6-8-11-18/h4-5,7,9-10,12-15,18,20H,3,6,8,11H2,1-2H3/b9-5-,16-4+/t18-/m1/s1. The smallest absolute Gasteiger partial charge is 0.0444 e. The van der Waals surface area contributed by atoms with Crippen molar-refractivity contribution in [2.24, 2.45) is 0 Å². The molecule has 20 heavy (non-hydrogen) atoms. The lowest BCUT2D eigenvalue weighted by Gasteiger charge is -2.19. The highest BCUT2D eigenvalue weighted by Gasteiger charge is 2.07. The molecule has 2 rings (SSSR count). The van der Waals surface area contributed by atoms with Gasteiger partial charge in [-0.25, -0.2) is 0 Å². The van der Waals surface area contributed by atoms with Crippen LogP contribution in [0.3, 0.4) is 0 Å². The first-order chi connectivity index (χ1) is 9.83. The Morgan fingerprint density at radius 3 is 2.70 bits per heavy atom. The van der Waals surface area contributed by atoms with Crippen molar-refractivity contribution in [1.82, 2.24) is 0 Å². The van der Waals surface area contributed by atoms with E-state index in [-0.39, 0.29) is 0 Å². The number of benzene rings is 1. The van der Waals surface area contributed by atoms with Crippen molar-refractivity contribution < 1.29 is 0 Å². The summed E-state index contributed by atoms with van der Waals surface area (Å²) in [7, 11) is 0. The van der Waals surface area contributed by atoms with Crippen molar-refractivity contribution >= 4 is 11.3 Å². The number of hydrogen-bond donors (Lipinski definition) is 1. The van der Waals surface area contributed by atoms with Crippen LogP contribution in [0.4, 0.5) is 5.69 Å². The van der Waals surface area contributed by atoms with Crippen molar-refractivity contribution in [3.63, 3.8) is 0 Å². The van der Waals surface area contributed by atoms with Crippen LogP contribution in [-0.4, -0.2) is 6.04 Å². The van der Waals surface area contributed by atoms with Gasteiger partial charge in [-0.2, -0.15) is 0 Å². The minimum absolute atomic E-state index is 0.496. The number of anilines is 1. The zero-order valence-corrected chi connectivity index (χ0v) is 12.6. The first kappa shape index (κ1) is 14.6. The fraction of sp³-hybridized carbons (Fsp3) is 0.368. The van der Waals surface area contributed by atoms with Gasteiger partial charge in [0, 0.05) is 11.7 Å². The average molecular weight is 267 g/mol. The molecule has 106 valence electrons. The fourth-order valence-electron chi connectivity index (χ4n) is 2.51. The molecule has 0 heterocycles. The summed E-state index contributed by atoms with van der Waals surface area (Å²) in [6.45, 7) is 4.25. The van der Waals surface area contributed by atoms with Crippen LogP contribution in [0, 0.1) is 0 Å². The van der Waals surface area contributed by atoms with Gasteiger partial charge in [0.05, 0.1) is 0 Å². The number of hydrogen-bond acceptors (Lipinski definition) is 1. The van der Waals surface area contributed by atoms with Gasteiger partial charge in [0.25, 0.3) is 0 Å². The minimum Gasteiger partial charge on any atom is -0.379 e. The molecule has 0 unspecified atom stereocenters. The molecule has 0 radical (unpaired) electrons. The zero-order chi connectivity index (χ0) is 14.2. The molecule has 1 aliphatic carbocycles. The normalized spacial score (nSPS) is 19.5. The Balaban J connectivity index is 2.03. The average Bonchev–Trinajstić information content (AvgIpc) is 2.50. The van der Waals surface area contributed by atoms with Crippen LogP contribution in [0.15, 0.2) is 54.6 Å². The van der Waals surface area contributed by atoms with Crippen LogP contribution >= 0.6 is 0 Å². The van der Waals surface area contributed by atoms with Gasteiger partial charge in [0.15, 0.2) is 0 Å². The third kappa shape index (κ3) is 4.12. The van der Waals surface area contributed by atoms with Crippen LogP contribution in [0.25, 0.3) is 5.57 Å². The zero-order valence-electron chi connectivity index (χ0n) is 12.6. The van der Waals surface area contributed by atoms with Crippen LogP contribution in [-0.2, 0) is 0 Å². The van der Waals surface area contributed by atoms with E-state index in [0.29, 0.717) is 6.04 Å². The summed E-state index contributed by atoms with van der Waals surface area (Å²) in [6.07, 6.45) is 16.0. The van der Waals surface area contributed by atoms with Gasteiger partial charge >= 0.3 is 0 Å². The topological polar surface area (TPSA) is 12.0 Å². The molecule has 0 amide bonds. The molecular formula is C19H25N. The molecule has 0 fully saturated rings. The molecule has 0 saturated heterocycles. The van der Waals surface area contributed by atoms with E-state index in [1.807, 2.05) is 0 Å². The molecule has 1 aliphatic rings. The Labute approximate surface area is 123 Å². The summed E-state index contributed by atoms with van der Waals surface area (Å²) in [5, 5.41) is 3.58. The predicted molar refractivity (Wildman–Crippen MR) is 89.9 cm³/mol. The van der Waals surface area contributed by atoms with Crippen molar-refractivity contribution in [3.8, 4) is 0 Å². The Bertz CT molecular complexity index is 491. The molecule has 0 aromatic heterocycles. The Morgan fingerprint density at radius 2 is 2.10 bits per heavy atom. The van der Waals surface area contributed by atoms with Gasteiger partial charge in [-0.15, -0.1) is 0 Å². The summed E-state index contributed by atoms with van der Waals surface area (Å²) < 4.78 is 0. The van der Waals surface area contributed by atoms with Crippen LogP contribution in [0.2, 0.25) is 0 Å². The maximum Gasteiger partial charge on any atom is 0.0444 e. The van der Waals surface area contributed by atoms with E-state index in [4.69, 9.17) is 0 Å². The van der Waals surface area contributed by atoms with E-state index in [0.717, 1.165) is 6.42 Å². The summed E-state index contributed by atoms with van der Waals surface area (Å²) in [5.41, 5.74) is 3.78. The molecular weight excluding hydrogens is 242 g/mol. The lowest BCUT2D eigenvalue weighted by molar-refractivity contribution is 0.674. The molecule has 1 N–H and O–H groups in total. The summed E-state index contributed by atoms with van der Waals surface area (Å²) in [6, 6.07) is 9.26. The second kappa shape index (κ2) is 7.74. The second-order valence-electron chi connectivity index (χ2n) is 5.24. The maximum atomic E-state index is 3.58. The molecule has 0 aliphatic heterocycles. The quantitative estimate of drug-likeness (QED) is 0.542. The Hall–Kier alpha value is -1.76.